The standard InChI is InChI=1S/C14H20BrN3O2/c1-2-20-13(19)11-5-3-10(4-6-11)7-16-14-17-8-12(15)9-18-14/h8-11H,2-7H2,1H3,(H,16,17,18). The Morgan fingerprint density at radius 2 is 2.00 bits per heavy atom. The highest BCUT2D eigenvalue weighted by molar-refractivity contribution is 9.10. The molecule has 0 saturated heterocycles. The lowest BCUT2D eigenvalue weighted by Crippen LogP contribution is -2.27. The Morgan fingerprint density at radius 1 is 1.35 bits per heavy atom. The molecule has 1 aliphatic carbocycles. The van der Waals surface area contributed by atoms with Crippen LogP contribution in [0.15, 0.2) is 16.9 Å². The monoisotopic (exact) mass is 341 g/mol. The summed E-state index contributed by atoms with van der Waals surface area (Å²) in [6, 6.07) is 0. The Kier molecular flexibility index (Phi) is 5.76. The van der Waals surface area contributed by atoms with Gasteiger partial charge in [0.25, 0.3) is 0 Å². The van der Waals surface area contributed by atoms with E-state index in [2.05, 4.69) is 31.2 Å². The van der Waals surface area contributed by atoms with Crippen LogP contribution in [-0.4, -0.2) is 29.1 Å². The van der Waals surface area contributed by atoms with Crippen LogP contribution in [0, 0.1) is 11.8 Å². The van der Waals surface area contributed by atoms with E-state index < -0.39 is 0 Å². The van der Waals surface area contributed by atoms with Gasteiger partial charge in [0.1, 0.15) is 0 Å². The predicted octanol–water partition coefficient (Wildman–Crippen LogP) is 3.02. The first-order chi connectivity index (χ1) is 9.69. The molecular formula is C14H20BrN3O2. The van der Waals surface area contributed by atoms with Gasteiger partial charge in [-0.1, -0.05) is 0 Å². The van der Waals surface area contributed by atoms with Crippen LogP contribution >= 0.6 is 15.9 Å². The molecule has 1 N–H and O–H groups in total. The Morgan fingerprint density at radius 3 is 2.60 bits per heavy atom. The van der Waals surface area contributed by atoms with Crippen molar-refractivity contribution in [3.63, 3.8) is 0 Å². The second-order valence-electron chi connectivity index (χ2n) is 5.08. The van der Waals surface area contributed by atoms with Crippen molar-refractivity contribution >= 4 is 27.8 Å². The molecule has 1 heterocycles. The first-order valence-electron chi connectivity index (χ1n) is 7.07. The van der Waals surface area contributed by atoms with Gasteiger partial charge in [-0.15, -0.1) is 0 Å². The van der Waals surface area contributed by atoms with E-state index in [4.69, 9.17) is 4.74 Å². The highest BCUT2D eigenvalue weighted by Crippen LogP contribution is 2.29. The van der Waals surface area contributed by atoms with Crippen molar-refractivity contribution in [2.24, 2.45) is 11.8 Å². The van der Waals surface area contributed by atoms with Gasteiger partial charge in [-0.05, 0) is 54.5 Å². The van der Waals surface area contributed by atoms with Crippen LogP contribution in [0.5, 0.6) is 0 Å². The second-order valence-corrected chi connectivity index (χ2v) is 5.99. The van der Waals surface area contributed by atoms with Crippen molar-refractivity contribution in [1.82, 2.24) is 9.97 Å². The molecule has 6 heteroatoms. The zero-order valence-electron chi connectivity index (χ0n) is 11.6. The minimum absolute atomic E-state index is 0.0323. The molecule has 1 aromatic rings. The van der Waals surface area contributed by atoms with Crippen molar-refractivity contribution in [2.75, 3.05) is 18.5 Å². The van der Waals surface area contributed by atoms with Crippen molar-refractivity contribution in [3.05, 3.63) is 16.9 Å². The molecule has 2 rings (SSSR count). The number of nitrogens with zero attached hydrogens (tertiary/aromatic N) is 2. The first-order valence-corrected chi connectivity index (χ1v) is 7.86. The quantitative estimate of drug-likeness (QED) is 0.834. The number of hydrogen-bond donors (Lipinski definition) is 1. The minimum Gasteiger partial charge on any atom is -0.466 e. The largest absolute Gasteiger partial charge is 0.466 e. The molecule has 5 nitrogen and oxygen atoms in total. The van der Waals surface area contributed by atoms with Crippen LogP contribution in [0.2, 0.25) is 0 Å². The molecule has 0 amide bonds. The fraction of sp³-hybridized carbons (Fsp3) is 0.643. The fourth-order valence-electron chi connectivity index (χ4n) is 2.50. The summed E-state index contributed by atoms with van der Waals surface area (Å²) in [5.41, 5.74) is 0. The van der Waals surface area contributed by atoms with E-state index in [0.29, 0.717) is 18.5 Å². The van der Waals surface area contributed by atoms with Crippen LogP contribution in [0.4, 0.5) is 5.95 Å². The zero-order valence-corrected chi connectivity index (χ0v) is 13.2. The molecule has 0 aliphatic heterocycles. The van der Waals surface area contributed by atoms with Crippen LogP contribution in [0.1, 0.15) is 32.6 Å². The number of esters is 1. The van der Waals surface area contributed by atoms with E-state index >= 15 is 0 Å². The molecule has 110 valence electrons. The number of ether oxygens (including phenoxy) is 1. The lowest BCUT2D eigenvalue weighted by Gasteiger charge is -2.27. The Labute approximate surface area is 127 Å². The van der Waals surface area contributed by atoms with Gasteiger partial charge in [0.15, 0.2) is 0 Å². The molecular weight excluding hydrogens is 322 g/mol. The topological polar surface area (TPSA) is 64.1 Å². The molecule has 1 aromatic heterocycles. The first kappa shape index (κ1) is 15.2. The highest BCUT2D eigenvalue weighted by Gasteiger charge is 2.27. The lowest BCUT2D eigenvalue weighted by molar-refractivity contribution is -0.149. The zero-order chi connectivity index (χ0) is 14.4. The molecule has 0 unspecified atom stereocenters. The maximum Gasteiger partial charge on any atom is 0.308 e. The van der Waals surface area contributed by atoms with E-state index in [-0.39, 0.29) is 11.9 Å². The van der Waals surface area contributed by atoms with Gasteiger partial charge in [0, 0.05) is 18.9 Å². The molecule has 20 heavy (non-hydrogen) atoms. The summed E-state index contributed by atoms with van der Waals surface area (Å²) in [6.07, 6.45) is 7.40. The van der Waals surface area contributed by atoms with E-state index in [1.807, 2.05) is 6.92 Å². The van der Waals surface area contributed by atoms with Crippen molar-refractivity contribution in [2.45, 2.75) is 32.6 Å². The SMILES string of the molecule is CCOC(=O)C1CCC(CNc2ncc(Br)cn2)CC1. The molecule has 1 fully saturated rings. The third kappa shape index (κ3) is 4.44. The Bertz CT molecular complexity index is 431. The van der Waals surface area contributed by atoms with Crippen molar-refractivity contribution in [1.29, 1.82) is 0 Å². The highest BCUT2D eigenvalue weighted by atomic mass is 79.9. The van der Waals surface area contributed by atoms with Gasteiger partial charge in [-0.3, -0.25) is 4.79 Å². The van der Waals surface area contributed by atoms with E-state index in [9.17, 15) is 4.79 Å². The van der Waals surface area contributed by atoms with Crippen molar-refractivity contribution < 1.29 is 9.53 Å². The van der Waals surface area contributed by atoms with Crippen LogP contribution in [-0.2, 0) is 9.53 Å². The van der Waals surface area contributed by atoms with Gasteiger partial charge >= 0.3 is 5.97 Å². The van der Waals surface area contributed by atoms with Gasteiger partial charge in [-0.2, -0.15) is 0 Å². The third-order valence-electron chi connectivity index (χ3n) is 3.64. The van der Waals surface area contributed by atoms with E-state index in [1.54, 1.807) is 12.4 Å². The molecule has 0 aromatic carbocycles. The number of carbonyl (C=O) groups is 1. The maximum atomic E-state index is 11.7. The summed E-state index contributed by atoms with van der Waals surface area (Å²) >= 11 is 3.31. The van der Waals surface area contributed by atoms with Gasteiger partial charge in [0.05, 0.1) is 17.0 Å². The van der Waals surface area contributed by atoms with Gasteiger partial charge in [0.2, 0.25) is 5.95 Å². The molecule has 0 atom stereocenters. The third-order valence-corrected chi connectivity index (χ3v) is 4.05. The number of aromatic nitrogens is 2. The average molecular weight is 342 g/mol. The summed E-state index contributed by atoms with van der Waals surface area (Å²) in [7, 11) is 0. The number of anilines is 1. The van der Waals surface area contributed by atoms with Crippen molar-refractivity contribution in [3.8, 4) is 0 Å². The number of halogens is 1. The van der Waals surface area contributed by atoms with Crippen LogP contribution < -0.4 is 5.32 Å². The molecule has 0 radical (unpaired) electrons. The van der Waals surface area contributed by atoms with Crippen LogP contribution in [0.3, 0.4) is 0 Å². The lowest BCUT2D eigenvalue weighted by atomic mass is 9.82. The minimum atomic E-state index is -0.0323. The molecule has 1 aliphatic rings. The summed E-state index contributed by atoms with van der Waals surface area (Å²) < 4.78 is 5.95. The number of hydrogen-bond acceptors (Lipinski definition) is 5. The molecule has 1 saturated carbocycles. The number of nitrogens with one attached hydrogen (secondary N) is 1. The summed E-state index contributed by atoms with van der Waals surface area (Å²) in [5, 5.41) is 3.25. The predicted molar refractivity (Wildman–Crippen MR) is 80.3 cm³/mol. The van der Waals surface area contributed by atoms with E-state index in [1.165, 1.54) is 0 Å². The second kappa shape index (κ2) is 7.57. The van der Waals surface area contributed by atoms with Crippen LogP contribution in [0.25, 0.3) is 0 Å². The fourth-order valence-corrected chi connectivity index (χ4v) is 2.71. The van der Waals surface area contributed by atoms with Gasteiger partial charge < -0.3 is 10.1 Å². The average Bonchev–Trinajstić information content (AvgIpc) is 2.47. The Hall–Kier alpha value is -1.17. The molecule has 0 spiro atoms. The number of rotatable bonds is 5. The number of carbonyl (C=O) groups excluding carboxylic acids is 1. The molecule has 0 bridgehead atoms. The van der Waals surface area contributed by atoms with Gasteiger partial charge in [-0.25, -0.2) is 9.97 Å². The maximum absolute atomic E-state index is 11.7. The summed E-state index contributed by atoms with van der Waals surface area (Å²) in [6.45, 7) is 3.18. The summed E-state index contributed by atoms with van der Waals surface area (Å²) in [4.78, 5) is 20.0. The normalized spacial score (nSPS) is 22.3. The smallest absolute Gasteiger partial charge is 0.308 e. The summed E-state index contributed by atoms with van der Waals surface area (Å²) in [5.74, 6) is 1.29. The van der Waals surface area contributed by atoms with E-state index in [0.717, 1.165) is 36.7 Å². The Balaban J connectivity index is 1.72.